The van der Waals surface area contributed by atoms with Gasteiger partial charge in [0.1, 0.15) is 17.0 Å². The molecule has 0 saturated carbocycles. The first-order chi connectivity index (χ1) is 26.3. The highest BCUT2D eigenvalue weighted by Gasteiger charge is 2.20. The molecule has 0 spiro atoms. The fourth-order valence-electron chi connectivity index (χ4n) is 8.20. The lowest BCUT2D eigenvalue weighted by Crippen LogP contribution is -1.97. The van der Waals surface area contributed by atoms with E-state index in [9.17, 15) is 0 Å². The Kier molecular flexibility index (Phi) is 6.52. The molecule has 0 unspecified atom stereocenters. The molecule has 0 saturated heterocycles. The number of hydrogen-bond acceptors (Lipinski definition) is 2. The van der Waals surface area contributed by atoms with Gasteiger partial charge in [-0.25, -0.2) is 4.98 Å². The molecule has 8 aromatic carbocycles. The van der Waals surface area contributed by atoms with E-state index in [2.05, 4.69) is 185 Å². The number of imidazole rings is 1. The van der Waals surface area contributed by atoms with Crippen LogP contribution >= 0.6 is 0 Å². The minimum atomic E-state index is 0.869. The Labute approximate surface area is 305 Å². The number of para-hydroxylation sites is 6. The maximum absolute atomic E-state index is 6.78. The predicted molar refractivity (Wildman–Crippen MR) is 219 cm³/mol. The minimum absolute atomic E-state index is 0.869. The maximum atomic E-state index is 6.78. The van der Waals surface area contributed by atoms with Crippen LogP contribution in [-0.2, 0) is 0 Å². The molecule has 0 amide bonds. The summed E-state index contributed by atoms with van der Waals surface area (Å²) in [6, 6.07) is 66.5. The van der Waals surface area contributed by atoms with Crippen molar-refractivity contribution in [3.63, 3.8) is 0 Å². The van der Waals surface area contributed by atoms with Gasteiger partial charge >= 0.3 is 0 Å². The van der Waals surface area contributed by atoms with Crippen molar-refractivity contribution in [2.45, 2.75) is 0 Å². The third kappa shape index (κ3) is 4.59. The predicted octanol–water partition coefficient (Wildman–Crippen LogP) is 13.0. The fraction of sp³-hybridized carbons (Fsp3) is 0. The van der Waals surface area contributed by atoms with Gasteiger partial charge in [0, 0.05) is 44.0 Å². The van der Waals surface area contributed by atoms with E-state index in [1.54, 1.807) is 0 Å². The van der Waals surface area contributed by atoms with E-state index in [4.69, 9.17) is 9.40 Å². The molecule has 11 rings (SSSR count). The second-order valence-corrected chi connectivity index (χ2v) is 13.6. The van der Waals surface area contributed by atoms with Gasteiger partial charge in [0.15, 0.2) is 0 Å². The molecule has 0 aliphatic heterocycles. The van der Waals surface area contributed by atoms with E-state index < -0.39 is 0 Å². The molecule has 0 aliphatic carbocycles. The summed E-state index contributed by atoms with van der Waals surface area (Å²) in [4.78, 5) is 5.14. The highest BCUT2D eigenvalue weighted by Crippen LogP contribution is 2.43. The largest absolute Gasteiger partial charge is 0.455 e. The van der Waals surface area contributed by atoms with Crippen molar-refractivity contribution in [1.29, 1.82) is 0 Å². The average Bonchev–Trinajstić information content (AvgIpc) is 3.91. The zero-order valence-electron chi connectivity index (χ0n) is 28.6. The van der Waals surface area contributed by atoms with E-state index in [0.29, 0.717) is 0 Å². The standard InChI is InChI=1S/C49H31N3O/c1-3-16-35(17-4-1)51-43-25-9-7-20-39(43)41-31-33(28-29-44(41)51)38-22-12-23-40-47-37(21-13-27-46(47)53-48(38)40)32-14-11-15-34(30-32)49-50-42-24-8-10-26-45(42)52(49)36-18-5-2-6-19-36/h1-31H. The molecule has 0 fully saturated rings. The second kappa shape index (κ2) is 11.7. The summed E-state index contributed by atoms with van der Waals surface area (Å²) >= 11 is 0. The smallest absolute Gasteiger partial charge is 0.145 e. The topological polar surface area (TPSA) is 35.9 Å². The van der Waals surface area contributed by atoms with Crippen molar-refractivity contribution in [1.82, 2.24) is 14.1 Å². The lowest BCUT2D eigenvalue weighted by molar-refractivity contribution is 0.670. The first-order valence-electron chi connectivity index (χ1n) is 18.0. The monoisotopic (exact) mass is 677 g/mol. The molecule has 4 nitrogen and oxygen atoms in total. The van der Waals surface area contributed by atoms with Crippen molar-refractivity contribution in [2.24, 2.45) is 0 Å². The number of aromatic nitrogens is 3. The third-order valence-corrected chi connectivity index (χ3v) is 10.5. The molecule has 248 valence electrons. The normalized spacial score (nSPS) is 11.8. The SMILES string of the molecule is c1ccc(-n2c(-c3cccc(-c4cccc5oc6c(-c7ccc8c(c7)c7ccccc7n8-c7ccccc7)cccc6c45)c3)nc3ccccc32)cc1. The summed E-state index contributed by atoms with van der Waals surface area (Å²) in [6.45, 7) is 0. The van der Waals surface area contributed by atoms with Gasteiger partial charge in [-0.2, -0.15) is 0 Å². The van der Waals surface area contributed by atoms with E-state index in [1.165, 1.54) is 21.8 Å². The van der Waals surface area contributed by atoms with Crippen molar-refractivity contribution >= 4 is 54.8 Å². The van der Waals surface area contributed by atoms with Crippen LogP contribution in [0.3, 0.4) is 0 Å². The summed E-state index contributed by atoms with van der Waals surface area (Å²) < 4.78 is 11.4. The van der Waals surface area contributed by atoms with Gasteiger partial charge in [0.2, 0.25) is 0 Å². The molecule has 0 N–H and O–H groups in total. The maximum Gasteiger partial charge on any atom is 0.145 e. The number of furan rings is 1. The lowest BCUT2D eigenvalue weighted by Gasteiger charge is -2.11. The minimum Gasteiger partial charge on any atom is -0.455 e. The number of hydrogen-bond donors (Lipinski definition) is 0. The van der Waals surface area contributed by atoms with Gasteiger partial charge in [0.25, 0.3) is 0 Å². The van der Waals surface area contributed by atoms with Crippen LogP contribution in [0.2, 0.25) is 0 Å². The summed E-state index contributed by atoms with van der Waals surface area (Å²) in [5.41, 5.74) is 13.9. The highest BCUT2D eigenvalue weighted by molar-refractivity contribution is 6.16. The number of nitrogens with zero attached hydrogens (tertiary/aromatic N) is 3. The van der Waals surface area contributed by atoms with Crippen LogP contribution < -0.4 is 0 Å². The fourth-order valence-corrected chi connectivity index (χ4v) is 8.20. The molecule has 0 bridgehead atoms. The van der Waals surface area contributed by atoms with Gasteiger partial charge in [0.05, 0.1) is 22.1 Å². The van der Waals surface area contributed by atoms with Gasteiger partial charge < -0.3 is 8.98 Å². The number of rotatable bonds is 5. The molecular weight excluding hydrogens is 647 g/mol. The molecule has 0 radical (unpaired) electrons. The Bertz CT molecular complexity index is 3170. The summed E-state index contributed by atoms with van der Waals surface area (Å²) in [7, 11) is 0. The molecule has 53 heavy (non-hydrogen) atoms. The van der Waals surface area contributed by atoms with Crippen LogP contribution in [0.1, 0.15) is 0 Å². The Morgan fingerprint density at radius 3 is 1.87 bits per heavy atom. The van der Waals surface area contributed by atoms with Crippen LogP contribution in [0, 0.1) is 0 Å². The Morgan fingerprint density at radius 1 is 0.396 bits per heavy atom. The Morgan fingerprint density at radius 2 is 1.02 bits per heavy atom. The third-order valence-electron chi connectivity index (χ3n) is 10.5. The molecule has 3 heterocycles. The highest BCUT2D eigenvalue weighted by atomic mass is 16.3. The molecule has 11 aromatic rings. The molecule has 3 aromatic heterocycles. The van der Waals surface area contributed by atoms with E-state index >= 15 is 0 Å². The van der Waals surface area contributed by atoms with E-state index in [1.807, 2.05) is 12.1 Å². The Hall–Kier alpha value is -7.17. The zero-order valence-corrected chi connectivity index (χ0v) is 28.6. The van der Waals surface area contributed by atoms with Crippen molar-refractivity contribution in [3.05, 3.63) is 188 Å². The first kappa shape index (κ1) is 29.5. The average molecular weight is 678 g/mol. The van der Waals surface area contributed by atoms with Crippen molar-refractivity contribution < 1.29 is 4.42 Å². The zero-order chi connectivity index (χ0) is 34.9. The van der Waals surface area contributed by atoms with Crippen LogP contribution in [-0.4, -0.2) is 14.1 Å². The van der Waals surface area contributed by atoms with Crippen molar-refractivity contribution in [2.75, 3.05) is 0 Å². The van der Waals surface area contributed by atoms with Crippen molar-refractivity contribution in [3.8, 4) is 45.0 Å². The molecule has 0 aliphatic rings. The van der Waals surface area contributed by atoms with Crippen LogP contribution in [0.4, 0.5) is 0 Å². The van der Waals surface area contributed by atoms with Crippen LogP contribution in [0.5, 0.6) is 0 Å². The quantitative estimate of drug-likeness (QED) is 0.182. The van der Waals surface area contributed by atoms with Gasteiger partial charge in [-0.15, -0.1) is 0 Å². The first-order valence-corrected chi connectivity index (χ1v) is 18.0. The molecular formula is C49H31N3O. The number of fused-ring (bicyclic) bond motifs is 7. The molecule has 0 atom stereocenters. The summed E-state index contributed by atoms with van der Waals surface area (Å²) in [5.74, 6) is 0.912. The van der Waals surface area contributed by atoms with E-state index in [-0.39, 0.29) is 0 Å². The summed E-state index contributed by atoms with van der Waals surface area (Å²) in [5, 5.41) is 4.66. The summed E-state index contributed by atoms with van der Waals surface area (Å²) in [6.07, 6.45) is 0. The lowest BCUT2D eigenvalue weighted by atomic mass is 9.96. The van der Waals surface area contributed by atoms with Crippen LogP contribution in [0.25, 0.3) is 99.8 Å². The number of benzene rings is 8. The van der Waals surface area contributed by atoms with Gasteiger partial charge in [-0.05, 0) is 83.4 Å². The second-order valence-electron chi connectivity index (χ2n) is 13.6. The molecule has 4 heteroatoms. The van der Waals surface area contributed by atoms with Gasteiger partial charge in [-0.1, -0.05) is 121 Å². The van der Waals surface area contributed by atoms with Gasteiger partial charge in [-0.3, -0.25) is 4.57 Å². The van der Waals surface area contributed by atoms with Crippen LogP contribution in [0.15, 0.2) is 192 Å². The Balaban J connectivity index is 1.07. The van der Waals surface area contributed by atoms with E-state index in [0.717, 1.165) is 78.0 Å².